The van der Waals surface area contributed by atoms with Gasteiger partial charge in [0.05, 0.1) is 22.2 Å². The maximum Gasteiger partial charge on any atom is 0.337 e. The molecule has 0 aliphatic heterocycles. The highest BCUT2D eigenvalue weighted by Crippen LogP contribution is 2.34. The number of benzene rings is 2. The van der Waals surface area contributed by atoms with Crippen LogP contribution in [0.15, 0.2) is 36.4 Å². The molecule has 2 rings (SSSR count). The number of aromatic hydroxyl groups is 2. The Hall–Kier alpha value is -2.40. The Balaban J connectivity index is 2.30. The minimum atomic E-state index is -1.12. The molecule has 0 saturated heterocycles. The summed E-state index contributed by atoms with van der Waals surface area (Å²) in [5, 5.41) is 31.8. The van der Waals surface area contributed by atoms with Crippen LogP contribution in [-0.2, 0) is 0 Å². The summed E-state index contributed by atoms with van der Waals surface area (Å²) >= 11 is 5.81. The van der Waals surface area contributed by atoms with Gasteiger partial charge in [0.25, 0.3) is 0 Å². The van der Waals surface area contributed by atoms with Crippen molar-refractivity contribution in [2.75, 3.05) is 5.32 Å². The van der Waals surface area contributed by atoms with Crippen LogP contribution in [-0.4, -0.2) is 21.3 Å². The summed E-state index contributed by atoms with van der Waals surface area (Å²) in [5.41, 5.74) is 0.839. The molecule has 2 aromatic rings. The van der Waals surface area contributed by atoms with E-state index in [4.69, 9.17) is 16.7 Å². The number of anilines is 1. The average Bonchev–Trinajstić information content (AvgIpc) is 2.40. The third-order valence-corrected chi connectivity index (χ3v) is 3.40. The van der Waals surface area contributed by atoms with Crippen molar-refractivity contribution in [3.05, 3.63) is 52.5 Å². The van der Waals surface area contributed by atoms with Crippen molar-refractivity contribution in [1.82, 2.24) is 0 Å². The number of halogens is 1. The smallest absolute Gasteiger partial charge is 0.337 e. The van der Waals surface area contributed by atoms with Gasteiger partial charge in [-0.2, -0.15) is 0 Å². The minimum absolute atomic E-state index is 0.0182. The molecule has 0 radical (unpaired) electrons. The molecule has 0 aromatic heterocycles. The van der Waals surface area contributed by atoms with E-state index in [9.17, 15) is 15.0 Å². The quantitative estimate of drug-likeness (QED) is 0.692. The largest absolute Gasteiger partial charge is 0.507 e. The number of nitrogens with one attached hydrogen (secondary N) is 1. The van der Waals surface area contributed by atoms with Gasteiger partial charge in [0.15, 0.2) is 0 Å². The number of phenols is 2. The van der Waals surface area contributed by atoms with E-state index in [2.05, 4.69) is 5.32 Å². The average molecular weight is 308 g/mol. The molecule has 0 aliphatic rings. The standard InChI is InChI=1S/C15H14ClNO4/c1-8(14-12(18)3-2-4-13(14)19)17-9-5-6-11(16)10(7-9)15(20)21/h2-8,17-19H,1H3,(H,20,21). The van der Waals surface area contributed by atoms with Crippen molar-refractivity contribution >= 4 is 23.3 Å². The molecule has 0 fully saturated rings. The fourth-order valence-corrected chi connectivity index (χ4v) is 2.28. The number of hydrogen-bond acceptors (Lipinski definition) is 4. The lowest BCUT2D eigenvalue weighted by Crippen LogP contribution is -2.08. The normalized spacial score (nSPS) is 11.9. The van der Waals surface area contributed by atoms with E-state index >= 15 is 0 Å². The van der Waals surface area contributed by atoms with Crippen LogP contribution in [0.5, 0.6) is 11.5 Å². The molecule has 21 heavy (non-hydrogen) atoms. The Kier molecular flexibility index (Phi) is 4.23. The zero-order chi connectivity index (χ0) is 15.6. The van der Waals surface area contributed by atoms with E-state index in [1.54, 1.807) is 13.0 Å². The molecule has 0 heterocycles. The second-order valence-electron chi connectivity index (χ2n) is 4.58. The third kappa shape index (κ3) is 3.20. The van der Waals surface area contributed by atoms with Gasteiger partial charge >= 0.3 is 5.97 Å². The van der Waals surface area contributed by atoms with Crippen molar-refractivity contribution < 1.29 is 20.1 Å². The van der Waals surface area contributed by atoms with Crippen LogP contribution < -0.4 is 5.32 Å². The van der Waals surface area contributed by atoms with Crippen LogP contribution in [0.2, 0.25) is 5.02 Å². The maximum absolute atomic E-state index is 11.0. The maximum atomic E-state index is 11.0. The van der Waals surface area contributed by atoms with Crippen LogP contribution in [0.4, 0.5) is 5.69 Å². The summed E-state index contributed by atoms with van der Waals surface area (Å²) in [6.45, 7) is 1.74. The molecule has 1 unspecified atom stereocenters. The molecule has 5 nitrogen and oxygen atoms in total. The highest BCUT2D eigenvalue weighted by Gasteiger charge is 2.16. The Morgan fingerprint density at radius 2 is 1.81 bits per heavy atom. The van der Waals surface area contributed by atoms with Gasteiger partial charge in [0.1, 0.15) is 11.5 Å². The summed E-state index contributed by atoms with van der Waals surface area (Å²) < 4.78 is 0. The Morgan fingerprint density at radius 1 is 1.19 bits per heavy atom. The molecule has 4 N–H and O–H groups in total. The first-order chi connectivity index (χ1) is 9.90. The summed E-state index contributed by atoms with van der Waals surface area (Å²) in [4.78, 5) is 11.0. The molecule has 110 valence electrons. The topological polar surface area (TPSA) is 89.8 Å². The van der Waals surface area contributed by atoms with Crippen LogP contribution in [0.3, 0.4) is 0 Å². The Morgan fingerprint density at radius 3 is 2.38 bits per heavy atom. The summed E-state index contributed by atoms with van der Waals surface area (Å²) in [6.07, 6.45) is 0. The molecule has 1 atom stereocenters. The number of aromatic carboxylic acids is 1. The molecule has 6 heteroatoms. The first-order valence-corrected chi connectivity index (χ1v) is 6.58. The number of hydrogen-bond donors (Lipinski definition) is 4. The van der Waals surface area contributed by atoms with Gasteiger partial charge in [-0.25, -0.2) is 4.79 Å². The van der Waals surface area contributed by atoms with Gasteiger partial charge in [-0.1, -0.05) is 17.7 Å². The van der Waals surface area contributed by atoms with Gasteiger partial charge < -0.3 is 20.6 Å². The van der Waals surface area contributed by atoms with Gasteiger partial charge in [-0.3, -0.25) is 0 Å². The highest BCUT2D eigenvalue weighted by atomic mass is 35.5. The van der Waals surface area contributed by atoms with Crippen molar-refractivity contribution in [3.8, 4) is 11.5 Å². The molecular formula is C15H14ClNO4. The third-order valence-electron chi connectivity index (χ3n) is 3.07. The van der Waals surface area contributed by atoms with Gasteiger partial charge in [0, 0.05) is 5.69 Å². The van der Waals surface area contributed by atoms with Gasteiger partial charge in [0.2, 0.25) is 0 Å². The van der Waals surface area contributed by atoms with E-state index < -0.39 is 12.0 Å². The Bertz CT molecular complexity index is 667. The van der Waals surface area contributed by atoms with Crippen LogP contribution in [0.25, 0.3) is 0 Å². The number of carboxylic acid groups (broad SMARTS) is 1. The number of carboxylic acids is 1. The van der Waals surface area contributed by atoms with Crippen molar-refractivity contribution in [2.45, 2.75) is 13.0 Å². The molecule has 0 saturated carbocycles. The lowest BCUT2D eigenvalue weighted by molar-refractivity contribution is 0.0697. The fourth-order valence-electron chi connectivity index (χ4n) is 2.09. The summed E-state index contributed by atoms with van der Waals surface area (Å²) in [5.74, 6) is -1.20. The van der Waals surface area contributed by atoms with Gasteiger partial charge in [-0.05, 0) is 37.3 Å². The van der Waals surface area contributed by atoms with Crippen LogP contribution in [0, 0.1) is 0 Å². The van der Waals surface area contributed by atoms with Crippen molar-refractivity contribution in [3.63, 3.8) is 0 Å². The first kappa shape index (κ1) is 15.0. The van der Waals surface area contributed by atoms with E-state index in [1.165, 1.54) is 30.3 Å². The molecule has 0 bridgehead atoms. The molecule has 0 spiro atoms. The second-order valence-corrected chi connectivity index (χ2v) is 4.98. The molecule has 0 amide bonds. The summed E-state index contributed by atoms with van der Waals surface area (Å²) in [7, 11) is 0. The summed E-state index contributed by atoms with van der Waals surface area (Å²) in [6, 6.07) is 8.56. The number of phenolic OH excluding ortho intramolecular Hbond substituents is 2. The van der Waals surface area contributed by atoms with Gasteiger partial charge in [-0.15, -0.1) is 0 Å². The van der Waals surface area contributed by atoms with E-state index in [0.29, 0.717) is 11.3 Å². The second kappa shape index (κ2) is 5.93. The lowest BCUT2D eigenvalue weighted by atomic mass is 10.1. The predicted molar refractivity (Wildman–Crippen MR) is 80.2 cm³/mol. The fraction of sp³-hybridized carbons (Fsp3) is 0.133. The van der Waals surface area contributed by atoms with E-state index in [0.717, 1.165) is 0 Å². The van der Waals surface area contributed by atoms with Crippen LogP contribution >= 0.6 is 11.6 Å². The zero-order valence-electron chi connectivity index (χ0n) is 11.2. The Labute approximate surface area is 126 Å². The number of rotatable bonds is 4. The van der Waals surface area contributed by atoms with Crippen molar-refractivity contribution in [2.24, 2.45) is 0 Å². The van der Waals surface area contributed by atoms with E-state index in [-0.39, 0.29) is 22.1 Å². The molecular weight excluding hydrogens is 294 g/mol. The lowest BCUT2D eigenvalue weighted by Gasteiger charge is -2.18. The van der Waals surface area contributed by atoms with Crippen LogP contribution in [0.1, 0.15) is 28.9 Å². The zero-order valence-corrected chi connectivity index (χ0v) is 11.9. The predicted octanol–water partition coefficient (Wildman–Crippen LogP) is 3.62. The number of carbonyl (C=O) groups is 1. The highest BCUT2D eigenvalue weighted by molar-refractivity contribution is 6.33. The SMILES string of the molecule is CC(Nc1ccc(Cl)c(C(=O)O)c1)c1c(O)cccc1O. The first-order valence-electron chi connectivity index (χ1n) is 6.20. The monoisotopic (exact) mass is 307 g/mol. The molecule has 2 aromatic carbocycles. The minimum Gasteiger partial charge on any atom is -0.507 e. The molecule has 0 aliphatic carbocycles. The van der Waals surface area contributed by atoms with Crippen molar-refractivity contribution in [1.29, 1.82) is 0 Å². The van der Waals surface area contributed by atoms with E-state index in [1.807, 2.05) is 0 Å².